The number of aliphatic hydroxyl groups is 1. The van der Waals surface area contributed by atoms with Crippen LogP contribution in [-0.2, 0) is 6.61 Å². The molecular weight excluding hydrogens is 354 g/mol. The van der Waals surface area contributed by atoms with E-state index >= 15 is 0 Å². The average Bonchev–Trinajstić information content (AvgIpc) is 3.28. The lowest BCUT2D eigenvalue weighted by molar-refractivity contribution is 0.0952. The lowest BCUT2D eigenvalue weighted by Gasteiger charge is -2.13. The van der Waals surface area contributed by atoms with Gasteiger partial charge in [0.1, 0.15) is 5.75 Å². The lowest BCUT2D eigenvalue weighted by Crippen LogP contribution is -2.26. The molecule has 3 rings (SSSR count). The fourth-order valence-electron chi connectivity index (χ4n) is 3.07. The first-order chi connectivity index (χ1) is 13.6. The minimum Gasteiger partial charge on any atom is -0.496 e. The van der Waals surface area contributed by atoms with E-state index in [4.69, 9.17) is 4.74 Å². The zero-order valence-electron chi connectivity index (χ0n) is 16.1. The summed E-state index contributed by atoms with van der Waals surface area (Å²) in [6.45, 7) is 2.60. The van der Waals surface area contributed by atoms with E-state index in [2.05, 4.69) is 17.2 Å². The number of aromatic nitrogens is 2. The molecule has 0 aliphatic rings. The molecule has 0 spiro atoms. The van der Waals surface area contributed by atoms with Crippen molar-refractivity contribution in [2.75, 3.05) is 13.7 Å². The molecule has 1 aromatic heterocycles. The van der Waals surface area contributed by atoms with Crippen molar-refractivity contribution >= 4 is 5.91 Å². The van der Waals surface area contributed by atoms with Crippen molar-refractivity contribution in [1.82, 2.24) is 14.9 Å². The van der Waals surface area contributed by atoms with Gasteiger partial charge in [-0.3, -0.25) is 4.79 Å². The predicted molar refractivity (Wildman–Crippen MR) is 108 cm³/mol. The third kappa shape index (κ3) is 4.58. The molecule has 2 aromatic carbocycles. The van der Waals surface area contributed by atoms with Crippen molar-refractivity contribution in [3.05, 3.63) is 72.3 Å². The third-order valence-corrected chi connectivity index (χ3v) is 4.81. The first kappa shape index (κ1) is 19.6. The Balaban J connectivity index is 1.60. The fourth-order valence-corrected chi connectivity index (χ4v) is 3.07. The van der Waals surface area contributed by atoms with Crippen LogP contribution in [0, 0.1) is 0 Å². The maximum Gasteiger partial charge on any atom is 0.251 e. The maximum atomic E-state index is 12.4. The number of hydrogen-bond acceptors (Lipinski definition) is 4. The number of rotatable bonds is 8. The molecule has 1 amide bonds. The van der Waals surface area contributed by atoms with Crippen LogP contribution >= 0.6 is 0 Å². The summed E-state index contributed by atoms with van der Waals surface area (Å²) in [5, 5.41) is 12.4. The summed E-state index contributed by atoms with van der Waals surface area (Å²) in [6, 6.07) is 13.4. The van der Waals surface area contributed by atoms with E-state index in [1.165, 1.54) is 0 Å². The summed E-state index contributed by atoms with van der Waals surface area (Å²) >= 11 is 0. The standard InChI is InChI=1S/C22H25N3O3/c1-16(25-12-11-23-15-25)9-10-24-22(27)18-5-3-17(4-6-18)19-7-8-21(28-2)20(13-19)14-26/h3-8,11-13,15-16,26H,9-10,14H2,1-2H3,(H,24,27). The SMILES string of the molecule is COc1ccc(-c2ccc(C(=O)NCCC(C)n3ccnc3)cc2)cc1CO. The number of aliphatic hydroxyl groups excluding tert-OH is 1. The molecule has 0 radical (unpaired) electrons. The van der Waals surface area contributed by atoms with Gasteiger partial charge in [0.25, 0.3) is 5.91 Å². The summed E-state index contributed by atoms with van der Waals surface area (Å²) in [6.07, 6.45) is 6.29. The topological polar surface area (TPSA) is 76.4 Å². The third-order valence-electron chi connectivity index (χ3n) is 4.81. The predicted octanol–water partition coefficient (Wildman–Crippen LogP) is 3.43. The van der Waals surface area contributed by atoms with Crippen molar-refractivity contribution in [3.8, 4) is 16.9 Å². The van der Waals surface area contributed by atoms with E-state index < -0.39 is 0 Å². The van der Waals surface area contributed by atoms with Crippen LogP contribution < -0.4 is 10.1 Å². The maximum absolute atomic E-state index is 12.4. The molecule has 1 atom stereocenters. The van der Waals surface area contributed by atoms with Crippen LogP contribution in [0.25, 0.3) is 11.1 Å². The molecule has 28 heavy (non-hydrogen) atoms. The van der Waals surface area contributed by atoms with Gasteiger partial charge in [0.05, 0.1) is 20.0 Å². The van der Waals surface area contributed by atoms with Crippen LogP contribution in [0.5, 0.6) is 5.75 Å². The van der Waals surface area contributed by atoms with Crippen LogP contribution in [0.4, 0.5) is 0 Å². The summed E-state index contributed by atoms with van der Waals surface area (Å²) in [5.74, 6) is 0.572. The van der Waals surface area contributed by atoms with Gasteiger partial charge < -0.3 is 19.7 Å². The van der Waals surface area contributed by atoms with Crippen LogP contribution in [0.1, 0.15) is 35.3 Å². The molecule has 6 heteroatoms. The number of benzene rings is 2. The zero-order chi connectivity index (χ0) is 19.9. The second-order valence-corrected chi connectivity index (χ2v) is 6.67. The highest BCUT2D eigenvalue weighted by Crippen LogP contribution is 2.27. The Kier molecular flexibility index (Phi) is 6.45. The van der Waals surface area contributed by atoms with Gasteiger partial charge in [0, 0.05) is 36.1 Å². The number of carbonyl (C=O) groups excluding carboxylic acids is 1. The molecule has 1 unspecified atom stereocenters. The second-order valence-electron chi connectivity index (χ2n) is 6.67. The molecule has 2 N–H and O–H groups in total. The quantitative estimate of drug-likeness (QED) is 0.629. The van der Waals surface area contributed by atoms with Gasteiger partial charge in [-0.25, -0.2) is 4.98 Å². The van der Waals surface area contributed by atoms with Crippen molar-refractivity contribution < 1.29 is 14.6 Å². The Labute approximate surface area is 164 Å². The number of imidazole rings is 1. The average molecular weight is 379 g/mol. The molecular formula is C22H25N3O3. The van der Waals surface area contributed by atoms with E-state index in [9.17, 15) is 9.90 Å². The van der Waals surface area contributed by atoms with E-state index in [1.54, 1.807) is 19.6 Å². The van der Waals surface area contributed by atoms with Gasteiger partial charge >= 0.3 is 0 Å². The number of amides is 1. The molecule has 6 nitrogen and oxygen atoms in total. The molecule has 1 heterocycles. The Morgan fingerprint density at radius 1 is 1.21 bits per heavy atom. The molecule has 0 saturated heterocycles. The van der Waals surface area contributed by atoms with Crippen LogP contribution in [0.15, 0.2) is 61.2 Å². The number of carbonyl (C=O) groups is 1. The molecule has 0 saturated carbocycles. The van der Waals surface area contributed by atoms with Gasteiger partial charge in [0.15, 0.2) is 0 Å². The van der Waals surface area contributed by atoms with Crippen LogP contribution in [0.3, 0.4) is 0 Å². The van der Waals surface area contributed by atoms with E-state index in [0.717, 1.165) is 23.1 Å². The number of hydrogen-bond donors (Lipinski definition) is 2. The van der Waals surface area contributed by atoms with Gasteiger partial charge in [-0.05, 0) is 48.7 Å². The summed E-state index contributed by atoms with van der Waals surface area (Å²) < 4.78 is 7.26. The highest BCUT2D eigenvalue weighted by Gasteiger charge is 2.09. The van der Waals surface area contributed by atoms with E-state index in [0.29, 0.717) is 17.9 Å². The molecule has 0 aliphatic heterocycles. The minimum atomic E-state index is -0.0883. The first-order valence-electron chi connectivity index (χ1n) is 9.26. The Bertz CT molecular complexity index is 905. The van der Waals surface area contributed by atoms with Gasteiger partial charge in [0.2, 0.25) is 0 Å². The monoisotopic (exact) mass is 379 g/mol. The number of nitrogens with one attached hydrogen (secondary N) is 1. The lowest BCUT2D eigenvalue weighted by atomic mass is 10.0. The first-order valence-corrected chi connectivity index (χ1v) is 9.26. The Hall–Kier alpha value is -3.12. The number of methoxy groups -OCH3 is 1. The van der Waals surface area contributed by atoms with Crippen LogP contribution in [-0.4, -0.2) is 34.2 Å². The summed E-state index contributed by atoms with van der Waals surface area (Å²) in [4.78, 5) is 16.4. The van der Waals surface area contributed by atoms with Crippen molar-refractivity contribution in [2.24, 2.45) is 0 Å². The van der Waals surface area contributed by atoms with Gasteiger partial charge in [-0.2, -0.15) is 0 Å². The number of nitrogens with zero attached hydrogens (tertiary/aromatic N) is 2. The van der Waals surface area contributed by atoms with Gasteiger partial charge in [-0.15, -0.1) is 0 Å². The normalized spacial score (nSPS) is 11.8. The highest BCUT2D eigenvalue weighted by atomic mass is 16.5. The Morgan fingerprint density at radius 2 is 1.96 bits per heavy atom. The van der Waals surface area contributed by atoms with Crippen molar-refractivity contribution in [2.45, 2.75) is 26.0 Å². The smallest absolute Gasteiger partial charge is 0.251 e. The second kappa shape index (κ2) is 9.19. The van der Waals surface area contributed by atoms with Crippen molar-refractivity contribution in [3.63, 3.8) is 0 Å². The highest BCUT2D eigenvalue weighted by molar-refractivity contribution is 5.94. The molecule has 0 bridgehead atoms. The minimum absolute atomic E-state index is 0.0878. The molecule has 0 aliphatic carbocycles. The van der Waals surface area contributed by atoms with E-state index in [-0.39, 0.29) is 18.6 Å². The number of ether oxygens (including phenoxy) is 1. The largest absolute Gasteiger partial charge is 0.496 e. The molecule has 3 aromatic rings. The zero-order valence-corrected chi connectivity index (χ0v) is 16.1. The van der Waals surface area contributed by atoms with E-state index in [1.807, 2.05) is 53.2 Å². The summed E-state index contributed by atoms with van der Waals surface area (Å²) in [5.41, 5.74) is 3.29. The fraction of sp³-hybridized carbons (Fsp3) is 0.273. The molecule has 146 valence electrons. The van der Waals surface area contributed by atoms with Crippen molar-refractivity contribution in [1.29, 1.82) is 0 Å². The van der Waals surface area contributed by atoms with Crippen LogP contribution in [0.2, 0.25) is 0 Å². The summed E-state index contributed by atoms with van der Waals surface area (Å²) in [7, 11) is 1.58. The van der Waals surface area contributed by atoms with Gasteiger partial charge in [-0.1, -0.05) is 18.2 Å². The Morgan fingerprint density at radius 3 is 2.61 bits per heavy atom. The molecule has 0 fully saturated rings.